The number of nitrogens with zero attached hydrogens (tertiary/aromatic N) is 1. The predicted molar refractivity (Wildman–Crippen MR) is 62.9 cm³/mol. The van der Waals surface area contributed by atoms with Crippen molar-refractivity contribution in [2.45, 2.75) is 13.0 Å². The molecule has 0 amide bonds. The van der Waals surface area contributed by atoms with E-state index in [1.807, 2.05) is 0 Å². The number of hydrogen-bond donors (Lipinski definition) is 1. The van der Waals surface area contributed by atoms with E-state index in [0.717, 1.165) is 36.3 Å². The monoisotopic (exact) mass is 252 g/mol. The molecule has 0 fully saturated rings. The number of thiazole rings is 1. The van der Waals surface area contributed by atoms with E-state index in [1.165, 1.54) is 10.9 Å². The van der Waals surface area contributed by atoms with Crippen LogP contribution in [0.25, 0.3) is 10.6 Å². The Morgan fingerprint density at radius 1 is 1.24 bits per heavy atom. The Morgan fingerprint density at radius 3 is 2.88 bits per heavy atom. The van der Waals surface area contributed by atoms with E-state index in [1.54, 1.807) is 17.4 Å². The van der Waals surface area contributed by atoms with Gasteiger partial charge in [0.1, 0.15) is 5.01 Å². The second-order valence-electron chi connectivity index (χ2n) is 3.94. The smallest absolute Gasteiger partial charge is 0.159 e. The van der Waals surface area contributed by atoms with Gasteiger partial charge in [0.05, 0.1) is 5.69 Å². The average molecular weight is 252 g/mol. The maximum Gasteiger partial charge on any atom is 0.159 e. The van der Waals surface area contributed by atoms with Gasteiger partial charge in [-0.2, -0.15) is 0 Å². The quantitative estimate of drug-likeness (QED) is 0.844. The van der Waals surface area contributed by atoms with Crippen molar-refractivity contribution in [3.8, 4) is 10.6 Å². The number of halogens is 2. The largest absolute Gasteiger partial charge is 0.311 e. The number of hydrogen-bond acceptors (Lipinski definition) is 3. The van der Waals surface area contributed by atoms with Crippen molar-refractivity contribution < 1.29 is 8.78 Å². The first kappa shape index (κ1) is 10.8. The molecule has 1 aromatic heterocycles. The van der Waals surface area contributed by atoms with Crippen LogP contribution in [0.4, 0.5) is 8.78 Å². The van der Waals surface area contributed by atoms with E-state index >= 15 is 0 Å². The lowest BCUT2D eigenvalue weighted by atomic mass is 10.2. The summed E-state index contributed by atoms with van der Waals surface area (Å²) < 4.78 is 26.0. The molecule has 0 atom stereocenters. The van der Waals surface area contributed by atoms with Gasteiger partial charge >= 0.3 is 0 Å². The lowest BCUT2D eigenvalue weighted by Crippen LogP contribution is -2.22. The van der Waals surface area contributed by atoms with Gasteiger partial charge in [-0.15, -0.1) is 11.3 Å². The fourth-order valence-electron chi connectivity index (χ4n) is 1.88. The Kier molecular flexibility index (Phi) is 2.64. The Bertz CT molecular complexity index is 542. The minimum Gasteiger partial charge on any atom is -0.311 e. The fraction of sp³-hybridized carbons (Fsp3) is 0.250. The number of rotatable bonds is 1. The van der Waals surface area contributed by atoms with Crippen molar-refractivity contribution in [1.82, 2.24) is 10.3 Å². The third-order valence-electron chi connectivity index (χ3n) is 2.77. The number of aromatic nitrogens is 1. The number of fused-ring (bicyclic) bond motifs is 1. The molecule has 1 aromatic carbocycles. The summed E-state index contributed by atoms with van der Waals surface area (Å²) in [6.07, 6.45) is 0.955. The molecule has 88 valence electrons. The van der Waals surface area contributed by atoms with Gasteiger partial charge in [0.2, 0.25) is 0 Å². The van der Waals surface area contributed by atoms with Gasteiger partial charge in [0.25, 0.3) is 0 Å². The Balaban J connectivity index is 2.03. The van der Waals surface area contributed by atoms with Gasteiger partial charge in [-0.25, -0.2) is 13.8 Å². The first-order chi connectivity index (χ1) is 8.24. The van der Waals surface area contributed by atoms with Gasteiger partial charge in [-0.1, -0.05) is 0 Å². The standard InChI is InChI=1S/C12H10F2N2S/c13-8-2-1-7(5-9(8)14)12-16-10-6-15-4-3-11(10)17-12/h1-2,5,15H,3-4,6H2. The van der Waals surface area contributed by atoms with Crippen LogP contribution in [0.1, 0.15) is 10.6 Å². The van der Waals surface area contributed by atoms with Gasteiger partial charge in [0.15, 0.2) is 11.6 Å². The zero-order chi connectivity index (χ0) is 11.8. The van der Waals surface area contributed by atoms with Crippen LogP contribution in [-0.2, 0) is 13.0 Å². The molecular weight excluding hydrogens is 242 g/mol. The molecule has 0 unspecified atom stereocenters. The molecular formula is C12H10F2N2S. The molecule has 2 heterocycles. The van der Waals surface area contributed by atoms with Crippen LogP contribution < -0.4 is 5.32 Å². The maximum absolute atomic E-state index is 13.1. The highest BCUT2D eigenvalue weighted by Gasteiger charge is 2.16. The van der Waals surface area contributed by atoms with E-state index in [0.29, 0.717) is 5.56 Å². The minimum atomic E-state index is -0.825. The zero-order valence-corrected chi connectivity index (χ0v) is 9.78. The molecule has 3 rings (SSSR count). The van der Waals surface area contributed by atoms with Crippen molar-refractivity contribution in [2.24, 2.45) is 0 Å². The summed E-state index contributed by atoms with van der Waals surface area (Å²) in [6.45, 7) is 1.71. The summed E-state index contributed by atoms with van der Waals surface area (Å²) in [5.41, 5.74) is 1.67. The predicted octanol–water partition coefficient (Wildman–Crippen LogP) is 2.73. The highest BCUT2D eigenvalue weighted by atomic mass is 32.1. The number of nitrogens with one attached hydrogen (secondary N) is 1. The SMILES string of the molecule is Fc1ccc(-c2nc3c(s2)CCNC3)cc1F. The molecule has 1 aliphatic heterocycles. The van der Waals surface area contributed by atoms with Gasteiger partial charge in [0, 0.05) is 23.5 Å². The van der Waals surface area contributed by atoms with Crippen LogP contribution in [0.15, 0.2) is 18.2 Å². The first-order valence-corrected chi connectivity index (χ1v) is 6.20. The molecule has 2 aromatic rings. The second kappa shape index (κ2) is 4.16. The van der Waals surface area contributed by atoms with Crippen molar-refractivity contribution in [3.05, 3.63) is 40.4 Å². The summed E-state index contributed by atoms with van der Waals surface area (Å²) in [4.78, 5) is 5.70. The van der Waals surface area contributed by atoms with E-state index < -0.39 is 11.6 Å². The Hall–Kier alpha value is -1.33. The topological polar surface area (TPSA) is 24.9 Å². The second-order valence-corrected chi connectivity index (χ2v) is 5.03. The summed E-state index contributed by atoms with van der Waals surface area (Å²) in [5.74, 6) is -1.65. The molecule has 0 radical (unpaired) electrons. The van der Waals surface area contributed by atoms with E-state index in [-0.39, 0.29) is 0 Å². The molecule has 1 N–H and O–H groups in total. The Labute approximate surface area is 101 Å². The highest BCUT2D eigenvalue weighted by Crippen LogP contribution is 2.30. The molecule has 0 bridgehead atoms. The van der Waals surface area contributed by atoms with Crippen molar-refractivity contribution >= 4 is 11.3 Å². The molecule has 17 heavy (non-hydrogen) atoms. The lowest BCUT2D eigenvalue weighted by molar-refractivity contribution is 0.509. The van der Waals surface area contributed by atoms with Crippen LogP contribution in [-0.4, -0.2) is 11.5 Å². The fourth-order valence-corrected chi connectivity index (χ4v) is 2.95. The third-order valence-corrected chi connectivity index (χ3v) is 3.97. The molecule has 1 aliphatic rings. The van der Waals surface area contributed by atoms with Crippen molar-refractivity contribution in [3.63, 3.8) is 0 Å². The zero-order valence-electron chi connectivity index (χ0n) is 8.96. The lowest BCUT2D eigenvalue weighted by Gasteiger charge is -2.09. The molecule has 5 heteroatoms. The van der Waals surface area contributed by atoms with Crippen LogP contribution in [0.5, 0.6) is 0 Å². The normalized spacial score (nSPS) is 14.7. The van der Waals surface area contributed by atoms with Crippen LogP contribution in [0.3, 0.4) is 0 Å². The van der Waals surface area contributed by atoms with Crippen LogP contribution in [0, 0.1) is 11.6 Å². The van der Waals surface area contributed by atoms with Gasteiger partial charge in [-0.05, 0) is 24.6 Å². The number of benzene rings is 1. The Morgan fingerprint density at radius 2 is 2.12 bits per heavy atom. The van der Waals surface area contributed by atoms with E-state index in [2.05, 4.69) is 10.3 Å². The van der Waals surface area contributed by atoms with Crippen LogP contribution >= 0.6 is 11.3 Å². The average Bonchev–Trinajstić information content (AvgIpc) is 2.76. The van der Waals surface area contributed by atoms with Gasteiger partial charge in [-0.3, -0.25) is 0 Å². The first-order valence-electron chi connectivity index (χ1n) is 5.39. The highest BCUT2D eigenvalue weighted by molar-refractivity contribution is 7.15. The molecule has 2 nitrogen and oxygen atoms in total. The summed E-state index contributed by atoms with van der Waals surface area (Å²) >= 11 is 1.56. The van der Waals surface area contributed by atoms with E-state index in [9.17, 15) is 8.78 Å². The van der Waals surface area contributed by atoms with Crippen LogP contribution in [0.2, 0.25) is 0 Å². The summed E-state index contributed by atoms with van der Waals surface area (Å²) in [7, 11) is 0. The summed E-state index contributed by atoms with van der Waals surface area (Å²) in [5, 5.41) is 4.00. The van der Waals surface area contributed by atoms with E-state index in [4.69, 9.17) is 0 Å². The maximum atomic E-state index is 13.1. The molecule has 0 saturated carbocycles. The minimum absolute atomic E-state index is 0.642. The summed E-state index contributed by atoms with van der Waals surface area (Å²) in [6, 6.07) is 3.91. The molecule has 0 aliphatic carbocycles. The van der Waals surface area contributed by atoms with Gasteiger partial charge < -0.3 is 5.32 Å². The van der Waals surface area contributed by atoms with Crippen molar-refractivity contribution in [1.29, 1.82) is 0 Å². The van der Waals surface area contributed by atoms with Crippen molar-refractivity contribution in [2.75, 3.05) is 6.54 Å². The molecule has 0 saturated heterocycles. The molecule has 0 spiro atoms. The third kappa shape index (κ3) is 1.96.